The zero-order valence-corrected chi connectivity index (χ0v) is 23.0. The summed E-state index contributed by atoms with van der Waals surface area (Å²) < 4.78 is 83.8. The zero-order chi connectivity index (χ0) is 28.7. The third-order valence-electron chi connectivity index (χ3n) is 6.80. The summed E-state index contributed by atoms with van der Waals surface area (Å²) in [6.07, 6.45) is 5.73. The Balaban J connectivity index is 1.52. The maximum absolute atomic E-state index is 15.1. The molecule has 2 N–H and O–H groups in total. The molecule has 9 nitrogen and oxygen atoms in total. The van der Waals surface area contributed by atoms with E-state index >= 15 is 4.39 Å². The van der Waals surface area contributed by atoms with Gasteiger partial charge in [-0.25, -0.2) is 34.6 Å². The largest absolute Gasteiger partial charge is 0.320 e. The number of nitrogens with one attached hydrogen (secondary N) is 2. The van der Waals surface area contributed by atoms with Crippen LogP contribution < -0.4 is 10.0 Å². The molecule has 0 spiro atoms. The first kappa shape index (κ1) is 27.7. The summed E-state index contributed by atoms with van der Waals surface area (Å²) in [7, 11) is -7.86. The van der Waals surface area contributed by atoms with E-state index in [9.17, 15) is 26.0 Å². The molecule has 2 heterocycles. The second kappa shape index (κ2) is 10.6. The van der Waals surface area contributed by atoms with Gasteiger partial charge in [-0.1, -0.05) is 31.5 Å². The van der Waals surface area contributed by atoms with Crippen LogP contribution >= 0.6 is 0 Å². The van der Waals surface area contributed by atoms with Gasteiger partial charge in [-0.05, 0) is 61.1 Å². The number of sulfonamides is 1. The molecule has 1 amide bonds. The molecule has 2 aromatic carbocycles. The molecule has 1 aliphatic rings. The number of aromatic nitrogens is 2. The summed E-state index contributed by atoms with van der Waals surface area (Å²) in [5, 5.41) is 2.90. The van der Waals surface area contributed by atoms with Gasteiger partial charge in [0.05, 0.1) is 28.2 Å². The molecule has 0 aliphatic heterocycles. The van der Waals surface area contributed by atoms with Crippen molar-refractivity contribution in [3.05, 3.63) is 83.7 Å². The minimum atomic E-state index is -3.96. The topological polar surface area (TPSA) is 127 Å². The number of anilines is 2. The lowest BCUT2D eigenvalue weighted by Gasteiger charge is -2.24. The van der Waals surface area contributed by atoms with Crippen molar-refractivity contribution in [3.8, 4) is 0 Å². The molecule has 2 aromatic heterocycles. The smallest absolute Gasteiger partial charge is 0.269 e. The molecular weight excluding hydrogens is 562 g/mol. The van der Waals surface area contributed by atoms with E-state index in [4.69, 9.17) is 0 Å². The van der Waals surface area contributed by atoms with Crippen molar-refractivity contribution in [1.29, 1.82) is 0 Å². The Morgan fingerprint density at radius 3 is 2.45 bits per heavy atom. The van der Waals surface area contributed by atoms with Gasteiger partial charge in [-0.3, -0.25) is 9.52 Å². The maximum Gasteiger partial charge on any atom is 0.269 e. The Hall–Kier alpha value is -3.84. The molecule has 5 rings (SSSR count). The number of rotatable bonds is 9. The van der Waals surface area contributed by atoms with Crippen LogP contribution in [0.1, 0.15) is 54.4 Å². The Kier molecular flexibility index (Phi) is 7.36. The van der Waals surface area contributed by atoms with Crippen molar-refractivity contribution in [2.75, 3.05) is 15.8 Å². The third-order valence-corrected chi connectivity index (χ3v) is 9.94. The predicted molar refractivity (Wildman–Crippen MR) is 147 cm³/mol. The van der Waals surface area contributed by atoms with Crippen molar-refractivity contribution < 1.29 is 30.4 Å². The van der Waals surface area contributed by atoms with Crippen molar-refractivity contribution in [2.45, 2.75) is 43.4 Å². The quantitative estimate of drug-likeness (QED) is 0.276. The van der Waals surface area contributed by atoms with Crippen LogP contribution in [0.5, 0.6) is 0 Å². The van der Waals surface area contributed by atoms with E-state index in [2.05, 4.69) is 10.3 Å². The van der Waals surface area contributed by atoms with Crippen molar-refractivity contribution in [1.82, 2.24) is 8.96 Å². The summed E-state index contributed by atoms with van der Waals surface area (Å²) in [5.74, 6) is -3.88. The first-order chi connectivity index (χ1) is 19.0. The summed E-state index contributed by atoms with van der Waals surface area (Å²) in [6, 6.07) is 11.1. The SMILES string of the molecule is CCCS(=O)(=O)Nc1ccc(F)c(C(=O)Nc2cnc3c(c2)c(C2CCC2)cn3S(=O)(=O)c2ccccc2)c1F. The second-order valence-corrected chi connectivity index (χ2v) is 13.2. The highest BCUT2D eigenvalue weighted by molar-refractivity contribution is 7.92. The fourth-order valence-electron chi connectivity index (χ4n) is 4.63. The minimum absolute atomic E-state index is 0.0868. The molecule has 0 unspecified atom stereocenters. The Morgan fingerprint density at radius 1 is 1.07 bits per heavy atom. The molecule has 1 fully saturated rings. The van der Waals surface area contributed by atoms with E-state index in [1.54, 1.807) is 31.3 Å². The second-order valence-electron chi connectivity index (χ2n) is 9.58. The fourth-order valence-corrected chi connectivity index (χ4v) is 7.11. The number of fused-ring (bicyclic) bond motifs is 1. The van der Waals surface area contributed by atoms with Crippen LogP contribution in [0, 0.1) is 11.6 Å². The minimum Gasteiger partial charge on any atom is -0.320 e. The highest BCUT2D eigenvalue weighted by Gasteiger charge is 2.29. The standard InChI is InChI=1S/C27H26F2N4O5S2/c1-2-13-39(35,36)32-23-12-11-22(28)24(25(23)29)27(34)31-18-14-20-21(17-7-6-8-17)16-33(26(20)30-15-18)40(37,38)19-9-4-3-5-10-19/h3-5,9-12,14-17,32H,2,6-8,13H2,1H3,(H,31,34). The van der Waals surface area contributed by atoms with Gasteiger partial charge in [0.25, 0.3) is 15.9 Å². The zero-order valence-electron chi connectivity index (χ0n) is 21.4. The van der Waals surface area contributed by atoms with Gasteiger partial charge in [0.1, 0.15) is 11.4 Å². The van der Waals surface area contributed by atoms with Crippen LogP contribution in [-0.4, -0.2) is 37.5 Å². The van der Waals surface area contributed by atoms with Crippen molar-refractivity contribution >= 4 is 48.4 Å². The number of hydrogen-bond donors (Lipinski definition) is 2. The molecular formula is C27H26F2N4O5S2. The van der Waals surface area contributed by atoms with Gasteiger partial charge in [0.2, 0.25) is 10.0 Å². The number of carbonyl (C=O) groups is 1. The summed E-state index contributed by atoms with van der Waals surface area (Å²) in [6.45, 7) is 1.63. The van der Waals surface area contributed by atoms with E-state index in [-0.39, 0.29) is 34.3 Å². The average Bonchev–Trinajstić information content (AvgIpc) is 3.24. The van der Waals surface area contributed by atoms with E-state index in [1.165, 1.54) is 24.4 Å². The maximum atomic E-state index is 15.1. The van der Waals surface area contributed by atoms with Crippen LogP contribution in [-0.2, 0) is 20.0 Å². The molecule has 0 bridgehead atoms. The third kappa shape index (κ3) is 5.18. The number of nitrogens with zero attached hydrogens (tertiary/aromatic N) is 2. The molecule has 1 saturated carbocycles. The normalized spacial score (nSPS) is 14.2. The number of hydrogen-bond acceptors (Lipinski definition) is 6. The highest BCUT2D eigenvalue weighted by Crippen LogP contribution is 2.41. The van der Waals surface area contributed by atoms with Gasteiger partial charge in [0, 0.05) is 11.6 Å². The van der Waals surface area contributed by atoms with Gasteiger partial charge >= 0.3 is 0 Å². The van der Waals surface area contributed by atoms with Gasteiger partial charge < -0.3 is 5.32 Å². The fraction of sp³-hybridized carbons (Fsp3) is 0.259. The average molecular weight is 589 g/mol. The Labute approximate surface area is 230 Å². The molecule has 0 radical (unpaired) electrons. The number of amides is 1. The number of carbonyl (C=O) groups excluding carboxylic acids is 1. The van der Waals surface area contributed by atoms with E-state index < -0.39 is 48.8 Å². The van der Waals surface area contributed by atoms with Crippen LogP contribution in [0.15, 0.2) is 65.8 Å². The van der Waals surface area contributed by atoms with Gasteiger partial charge in [0.15, 0.2) is 11.5 Å². The van der Waals surface area contributed by atoms with Crippen molar-refractivity contribution in [2.24, 2.45) is 0 Å². The monoisotopic (exact) mass is 588 g/mol. The number of halogens is 2. The molecule has 0 atom stereocenters. The molecule has 4 aromatic rings. The lowest BCUT2D eigenvalue weighted by Crippen LogP contribution is -2.20. The predicted octanol–water partition coefficient (Wildman–Crippen LogP) is 5.22. The van der Waals surface area contributed by atoms with Crippen LogP contribution in [0.3, 0.4) is 0 Å². The summed E-state index contributed by atoms with van der Waals surface area (Å²) >= 11 is 0. The van der Waals surface area contributed by atoms with E-state index in [0.29, 0.717) is 5.39 Å². The number of pyridine rings is 1. The van der Waals surface area contributed by atoms with E-state index in [1.807, 2.05) is 4.72 Å². The molecule has 210 valence electrons. The lowest BCUT2D eigenvalue weighted by atomic mass is 9.80. The summed E-state index contributed by atoms with van der Waals surface area (Å²) in [5.41, 5.74) is -0.532. The molecule has 0 saturated heterocycles. The first-order valence-electron chi connectivity index (χ1n) is 12.6. The molecule has 40 heavy (non-hydrogen) atoms. The Bertz CT molecular complexity index is 1820. The first-order valence-corrected chi connectivity index (χ1v) is 15.7. The Morgan fingerprint density at radius 2 is 1.80 bits per heavy atom. The lowest BCUT2D eigenvalue weighted by molar-refractivity contribution is 0.101. The summed E-state index contributed by atoms with van der Waals surface area (Å²) in [4.78, 5) is 17.4. The highest BCUT2D eigenvalue weighted by atomic mass is 32.2. The van der Waals surface area contributed by atoms with Crippen LogP contribution in [0.4, 0.5) is 20.2 Å². The molecule has 1 aliphatic carbocycles. The molecule has 13 heteroatoms. The van der Waals surface area contributed by atoms with Gasteiger partial charge in [-0.15, -0.1) is 0 Å². The van der Waals surface area contributed by atoms with Gasteiger partial charge in [-0.2, -0.15) is 0 Å². The van der Waals surface area contributed by atoms with E-state index in [0.717, 1.165) is 40.9 Å². The van der Waals surface area contributed by atoms with Crippen molar-refractivity contribution in [3.63, 3.8) is 0 Å². The number of benzene rings is 2. The van der Waals surface area contributed by atoms with Crippen LogP contribution in [0.25, 0.3) is 11.0 Å². The van der Waals surface area contributed by atoms with Crippen LogP contribution in [0.2, 0.25) is 0 Å².